The molecule has 256 valence electrons. The summed E-state index contributed by atoms with van der Waals surface area (Å²) in [6.07, 6.45) is 0.705. The second-order valence-electron chi connectivity index (χ2n) is 13.1. The lowest BCUT2D eigenvalue weighted by Gasteiger charge is -2.43. The van der Waals surface area contributed by atoms with Crippen LogP contribution in [0.2, 0.25) is 5.02 Å². The average Bonchev–Trinajstić information content (AvgIpc) is 3.84. The van der Waals surface area contributed by atoms with Crippen LogP contribution in [0.25, 0.3) is 0 Å². The number of H-pyrrole nitrogens is 1. The van der Waals surface area contributed by atoms with Crippen molar-refractivity contribution in [3.05, 3.63) is 103 Å². The highest BCUT2D eigenvalue weighted by atomic mass is 35.5. The van der Waals surface area contributed by atoms with Gasteiger partial charge in [0.1, 0.15) is 5.75 Å². The Kier molecular flexibility index (Phi) is 8.35. The number of amides is 3. The zero-order valence-electron chi connectivity index (χ0n) is 27.0. The number of imide groups is 1. The summed E-state index contributed by atoms with van der Waals surface area (Å²) in [6.45, 7) is 3.69. The fraction of sp³-hybridized carbons (Fsp3) is 0.324. The van der Waals surface area contributed by atoms with Gasteiger partial charge in [0.05, 0.1) is 34.7 Å². The molecule has 2 saturated carbocycles. The lowest BCUT2D eigenvalue weighted by Crippen LogP contribution is -2.42. The van der Waals surface area contributed by atoms with Gasteiger partial charge in [-0.15, -0.1) is 11.8 Å². The zero-order chi connectivity index (χ0) is 34.8. The normalized spacial score (nSPS) is 26.0. The molecule has 1 aromatic heterocycles. The molecule has 4 aliphatic rings. The minimum atomic E-state index is -0.525. The van der Waals surface area contributed by atoms with Crippen molar-refractivity contribution < 1.29 is 28.7 Å². The van der Waals surface area contributed by atoms with Crippen LogP contribution in [0.1, 0.15) is 45.6 Å². The van der Waals surface area contributed by atoms with Gasteiger partial charge in [0.2, 0.25) is 11.8 Å². The Morgan fingerprint density at radius 2 is 1.70 bits per heavy atom. The number of rotatable bonds is 8. The predicted octanol–water partition coefficient (Wildman–Crippen LogP) is 6.27. The molecule has 2 aliphatic heterocycles. The van der Waals surface area contributed by atoms with Gasteiger partial charge in [0.25, 0.3) is 5.91 Å². The summed E-state index contributed by atoms with van der Waals surface area (Å²) >= 11 is 9.31. The molecular formula is C37H32ClN3O7S2. The standard InChI is InChI=1S/C37H32ClN3O7S2/c1-3-47-36(45)18-6-11-21(12-7-18)41-34(43)29-23-15-24(30(29)35(41)44)31-28(23)27(32-33(49-31)40-37(46)50-32)22-14-19(38)8-13-25(22)48-16-26(42)39-20-9-4-17(2)5-10-20/h4-14,23-24,27-31H,3,15-16H2,1-2H3,(H,39,42)(H,40,46)/t23?,24?,27-,28?,29?,30?,31?/m1/s1. The average molecular weight is 730 g/mol. The largest absolute Gasteiger partial charge is 0.483 e. The van der Waals surface area contributed by atoms with E-state index in [1.807, 2.05) is 37.3 Å². The molecule has 50 heavy (non-hydrogen) atoms. The number of anilines is 2. The van der Waals surface area contributed by atoms with Crippen LogP contribution in [0.3, 0.4) is 0 Å². The van der Waals surface area contributed by atoms with E-state index in [1.54, 1.807) is 55.1 Å². The fourth-order valence-corrected chi connectivity index (χ4v) is 11.5. The quantitative estimate of drug-likeness (QED) is 0.160. The van der Waals surface area contributed by atoms with E-state index < -0.39 is 17.8 Å². The van der Waals surface area contributed by atoms with E-state index in [0.717, 1.165) is 32.4 Å². The molecule has 3 fully saturated rings. The van der Waals surface area contributed by atoms with Crippen molar-refractivity contribution in [3.8, 4) is 5.75 Å². The number of fused-ring (bicyclic) bond motifs is 9. The van der Waals surface area contributed by atoms with Crippen molar-refractivity contribution in [1.82, 2.24) is 4.98 Å². The van der Waals surface area contributed by atoms with Crippen LogP contribution >= 0.6 is 34.7 Å². The lowest BCUT2D eigenvalue weighted by atomic mass is 9.68. The van der Waals surface area contributed by atoms with Gasteiger partial charge in [-0.3, -0.25) is 24.1 Å². The van der Waals surface area contributed by atoms with Crippen LogP contribution in [0.4, 0.5) is 11.4 Å². The first-order valence-corrected chi connectivity index (χ1v) is 18.5. The molecular weight excluding hydrogens is 698 g/mol. The van der Waals surface area contributed by atoms with Crippen molar-refractivity contribution in [3.63, 3.8) is 0 Å². The number of nitrogens with zero attached hydrogens (tertiary/aromatic N) is 1. The molecule has 2 aliphatic carbocycles. The Bertz CT molecular complexity index is 2100. The van der Waals surface area contributed by atoms with Crippen LogP contribution in [-0.2, 0) is 19.1 Å². The maximum absolute atomic E-state index is 14.2. The van der Waals surface area contributed by atoms with E-state index in [1.165, 1.54) is 4.90 Å². The first-order valence-electron chi connectivity index (χ1n) is 16.5. The molecule has 0 radical (unpaired) electrons. The summed E-state index contributed by atoms with van der Waals surface area (Å²) in [5.41, 5.74) is 3.23. The number of benzene rings is 3. The van der Waals surface area contributed by atoms with Gasteiger partial charge in [-0.05, 0) is 92.6 Å². The van der Waals surface area contributed by atoms with Gasteiger partial charge in [-0.1, -0.05) is 40.6 Å². The molecule has 10 nitrogen and oxygen atoms in total. The molecule has 7 atom stereocenters. The summed E-state index contributed by atoms with van der Waals surface area (Å²) in [6, 6.07) is 19.1. The summed E-state index contributed by atoms with van der Waals surface area (Å²) in [7, 11) is 0. The molecule has 3 heterocycles. The minimum absolute atomic E-state index is 0.0523. The second-order valence-corrected chi connectivity index (χ2v) is 15.8. The Morgan fingerprint density at radius 3 is 2.42 bits per heavy atom. The number of carbonyl (C=O) groups excluding carboxylic acids is 4. The number of halogens is 1. The number of hydrogen-bond donors (Lipinski definition) is 2. The van der Waals surface area contributed by atoms with E-state index in [2.05, 4.69) is 10.3 Å². The highest BCUT2D eigenvalue weighted by Crippen LogP contribution is 2.69. The van der Waals surface area contributed by atoms with Crippen LogP contribution in [0.5, 0.6) is 5.75 Å². The Hall–Kier alpha value is -4.39. The Morgan fingerprint density at radius 1 is 0.980 bits per heavy atom. The lowest BCUT2D eigenvalue weighted by molar-refractivity contribution is -0.123. The topological polar surface area (TPSA) is 135 Å². The summed E-state index contributed by atoms with van der Waals surface area (Å²) < 4.78 is 11.3. The van der Waals surface area contributed by atoms with E-state index in [-0.39, 0.29) is 64.7 Å². The first-order chi connectivity index (χ1) is 24.1. The number of aromatic amines is 1. The number of aromatic nitrogens is 1. The summed E-state index contributed by atoms with van der Waals surface area (Å²) in [5.74, 6) is -2.52. The van der Waals surface area contributed by atoms with Crippen LogP contribution in [0, 0.1) is 36.5 Å². The molecule has 6 unspecified atom stereocenters. The van der Waals surface area contributed by atoms with E-state index in [4.69, 9.17) is 21.1 Å². The van der Waals surface area contributed by atoms with Crippen LogP contribution in [0.15, 0.2) is 76.6 Å². The van der Waals surface area contributed by atoms with Crippen molar-refractivity contribution in [2.24, 2.45) is 29.6 Å². The molecule has 3 amide bonds. The third-order valence-electron chi connectivity index (χ3n) is 10.4. The molecule has 4 aromatic rings. The van der Waals surface area contributed by atoms with Crippen LogP contribution < -0.4 is 19.8 Å². The number of thioether (sulfide) groups is 1. The van der Waals surface area contributed by atoms with E-state index in [0.29, 0.717) is 34.1 Å². The van der Waals surface area contributed by atoms with Crippen molar-refractivity contribution in [2.45, 2.75) is 36.5 Å². The number of carbonyl (C=O) groups is 4. The van der Waals surface area contributed by atoms with Crippen molar-refractivity contribution >= 4 is 69.8 Å². The third-order valence-corrected chi connectivity index (χ3v) is 13.2. The summed E-state index contributed by atoms with van der Waals surface area (Å²) in [5, 5.41) is 4.03. The second kappa shape index (κ2) is 12.7. The maximum Gasteiger partial charge on any atom is 0.338 e. The molecule has 1 saturated heterocycles. The highest BCUT2D eigenvalue weighted by molar-refractivity contribution is 8.00. The molecule has 8 rings (SSSR count). The predicted molar refractivity (Wildman–Crippen MR) is 190 cm³/mol. The number of nitrogens with one attached hydrogen (secondary N) is 2. The van der Waals surface area contributed by atoms with Crippen molar-refractivity contribution in [1.29, 1.82) is 0 Å². The SMILES string of the molecule is CCOC(=O)c1ccc(N2C(=O)C3C4CC(C3C2=O)C2C4Sc3[nH]c(=O)sc3[C@@H]2c2cc(Cl)ccc2OCC(=O)Nc2ccc(C)cc2)cc1. The number of hydrogen-bond acceptors (Lipinski definition) is 9. The monoisotopic (exact) mass is 729 g/mol. The highest BCUT2D eigenvalue weighted by Gasteiger charge is 2.70. The summed E-state index contributed by atoms with van der Waals surface area (Å²) in [4.78, 5) is 71.1. The van der Waals surface area contributed by atoms with E-state index in [9.17, 15) is 24.0 Å². The third kappa shape index (κ3) is 5.44. The minimum Gasteiger partial charge on any atom is -0.483 e. The Labute approximate surface area is 300 Å². The van der Waals surface area contributed by atoms with Gasteiger partial charge >= 0.3 is 10.8 Å². The molecule has 2 bridgehead atoms. The number of esters is 1. The van der Waals surface area contributed by atoms with Gasteiger partial charge in [0.15, 0.2) is 6.61 Å². The van der Waals surface area contributed by atoms with Gasteiger partial charge in [-0.25, -0.2) is 4.79 Å². The fourth-order valence-electron chi connectivity index (χ4n) is 8.45. The first kappa shape index (κ1) is 32.8. The number of ether oxygens (including phenoxy) is 2. The molecule has 0 spiro atoms. The zero-order valence-corrected chi connectivity index (χ0v) is 29.4. The maximum atomic E-state index is 14.2. The number of aryl methyl sites for hydroxylation is 1. The smallest absolute Gasteiger partial charge is 0.338 e. The van der Waals surface area contributed by atoms with Crippen LogP contribution in [-0.4, -0.2) is 47.1 Å². The molecule has 2 N–H and O–H groups in total. The van der Waals surface area contributed by atoms with Crippen molar-refractivity contribution in [2.75, 3.05) is 23.4 Å². The van der Waals surface area contributed by atoms with Gasteiger partial charge in [-0.2, -0.15) is 0 Å². The van der Waals surface area contributed by atoms with Gasteiger partial charge in [0, 0.05) is 32.3 Å². The molecule has 13 heteroatoms. The Balaban J connectivity index is 1.11. The van der Waals surface area contributed by atoms with E-state index >= 15 is 0 Å². The molecule has 3 aromatic carbocycles. The number of thiazole rings is 1. The van der Waals surface area contributed by atoms with Gasteiger partial charge < -0.3 is 19.8 Å².